The molecule has 0 unspecified atom stereocenters. The Kier molecular flexibility index (Phi) is 2.21. The zero-order valence-electron chi connectivity index (χ0n) is 9.03. The van der Waals surface area contributed by atoms with Crippen molar-refractivity contribution in [2.24, 2.45) is 10.8 Å². The molecule has 1 fully saturated rings. The molecule has 1 aliphatic carbocycles. The van der Waals surface area contributed by atoms with E-state index in [4.69, 9.17) is 5.11 Å². The summed E-state index contributed by atoms with van der Waals surface area (Å²) in [6, 6.07) is 0. The quantitative estimate of drug-likeness (QED) is 0.613. The topological polar surface area (TPSA) is 77.8 Å². The zero-order chi connectivity index (χ0) is 11.4. The van der Waals surface area contributed by atoms with Gasteiger partial charge in [-0.3, -0.25) is 4.79 Å². The van der Waals surface area contributed by atoms with E-state index in [9.17, 15) is 15.0 Å². The molecule has 1 rings (SSSR count). The monoisotopic (exact) mass is 202 g/mol. The van der Waals surface area contributed by atoms with Crippen LogP contribution >= 0.6 is 0 Å². The van der Waals surface area contributed by atoms with Crippen molar-refractivity contribution < 1.29 is 20.1 Å². The Labute approximate surface area is 83.6 Å². The van der Waals surface area contributed by atoms with E-state index < -0.39 is 28.5 Å². The van der Waals surface area contributed by atoms with E-state index >= 15 is 0 Å². The lowest BCUT2D eigenvalue weighted by Gasteiger charge is -2.67. The van der Waals surface area contributed by atoms with E-state index in [0.29, 0.717) is 0 Å². The van der Waals surface area contributed by atoms with Crippen LogP contribution in [-0.4, -0.2) is 33.0 Å². The number of rotatable bonds is 2. The predicted octanol–water partition coefficient (Wildman–Crippen LogP) is 0.619. The lowest BCUT2D eigenvalue weighted by molar-refractivity contribution is -0.319. The normalized spacial score (nSPS) is 38.9. The summed E-state index contributed by atoms with van der Waals surface area (Å²) in [5, 5.41) is 28.8. The molecule has 0 aromatic carbocycles. The Hall–Kier alpha value is -0.610. The van der Waals surface area contributed by atoms with Gasteiger partial charge < -0.3 is 15.3 Å². The Morgan fingerprint density at radius 1 is 1.21 bits per heavy atom. The van der Waals surface area contributed by atoms with Gasteiger partial charge in [-0.25, -0.2) is 0 Å². The van der Waals surface area contributed by atoms with E-state index in [1.54, 1.807) is 27.7 Å². The standard InChI is InChI=1S/C10H18O4/c1-8(2)7(13)9(3,4)10(8,14)5-6(11)12/h7,13-14H,5H2,1-4H3,(H,11,12). The molecule has 0 spiro atoms. The average Bonchev–Trinajstić information content (AvgIpc) is 2.00. The molecule has 0 aromatic rings. The van der Waals surface area contributed by atoms with Crippen molar-refractivity contribution in [3.63, 3.8) is 0 Å². The van der Waals surface area contributed by atoms with Crippen molar-refractivity contribution in [2.75, 3.05) is 0 Å². The van der Waals surface area contributed by atoms with Gasteiger partial charge in [-0.15, -0.1) is 0 Å². The van der Waals surface area contributed by atoms with Crippen LogP contribution in [0.15, 0.2) is 0 Å². The van der Waals surface area contributed by atoms with Crippen molar-refractivity contribution in [1.82, 2.24) is 0 Å². The molecule has 0 atom stereocenters. The van der Waals surface area contributed by atoms with Crippen LogP contribution in [0.5, 0.6) is 0 Å². The molecule has 0 radical (unpaired) electrons. The van der Waals surface area contributed by atoms with E-state index in [-0.39, 0.29) is 6.42 Å². The van der Waals surface area contributed by atoms with E-state index in [1.165, 1.54) is 0 Å². The summed E-state index contributed by atoms with van der Waals surface area (Å²) in [4.78, 5) is 10.6. The Morgan fingerprint density at radius 3 is 1.86 bits per heavy atom. The fourth-order valence-electron chi connectivity index (χ4n) is 2.78. The summed E-state index contributed by atoms with van der Waals surface area (Å²) in [6.45, 7) is 6.75. The molecule has 14 heavy (non-hydrogen) atoms. The second-order valence-electron chi connectivity index (χ2n) is 5.28. The van der Waals surface area contributed by atoms with Gasteiger partial charge in [0.1, 0.15) is 0 Å². The maximum Gasteiger partial charge on any atom is 0.306 e. The zero-order valence-corrected chi connectivity index (χ0v) is 9.03. The van der Waals surface area contributed by atoms with Gasteiger partial charge in [-0.2, -0.15) is 0 Å². The second-order valence-corrected chi connectivity index (χ2v) is 5.28. The SMILES string of the molecule is CC1(C)C(O)C(C)(C)C1(O)CC(=O)O. The van der Waals surface area contributed by atoms with Gasteiger partial charge in [0.05, 0.1) is 18.1 Å². The minimum Gasteiger partial charge on any atom is -0.481 e. The molecule has 3 N–H and O–H groups in total. The van der Waals surface area contributed by atoms with Crippen LogP contribution in [0.1, 0.15) is 34.1 Å². The highest BCUT2D eigenvalue weighted by Crippen LogP contribution is 2.62. The number of carboxylic acids is 1. The van der Waals surface area contributed by atoms with Gasteiger partial charge in [-0.05, 0) is 0 Å². The Balaban J connectivity index is 3.02. The fourth-order valence-corrected chi connectivity index (χ4v) is 2.78. The minimum atomic E-state index is -1.34. The number of aliphatic hydroxyl groups is 2. The third kappa shape index (κ3) is 1.04. The molecule has 0 aliphatic heterocycles. The highest BCUT2D eigenvalue weighted by atomic mass is 16.4. The first kappa shape index (κ1) is 11.5. The van der Waals surface area contributed by atoms with Crippen molar-refractivity contribution in [2.45, 2.75) is 45.8 Å². The van der Waals surface area contributed by atoms with Crippen molar-refractivity contribution in [3.8, 4) is 0 Å². The molecule has 0 heterocycles. The number of hydrogen-bond acceptors (Lipinski definition) is 3. The molecule has 0 bridgehead atoms. The number of aliphatic hydroxyl groups excluding tert-OH is 1. The molecule has 0 aromatic heterocycles. The number of aliphatic carboxylic acids is 1. The van der Waals surface area contributed by atoms with Gasteiger partial charge in [0.2, 0.25) is 0 Å². The lowest BCUT2D eigenvalue weighted by atomic mass is 9.42. The third-order valence-corrected chi connectivity index (χ3v) is 3.91. The first-order chi connectivity index (χ1) is 6.07. The van der Waals surface area contributed by atoms with Crippen molar-refractivity contribution in [1.29, 1.82) is 0 Å². The van der Waals surface area contributed by atoms with Gasteiger partial charge in [0.15, 0.2) is 0 Å². The Morgan fingerprint density at radius 2 is 1.57 bits per heavy atom. The van der Waals surface area contributed by atoms with E-state index in [2.05, 4.69) is 0 Å². The van der Waals surface area contributed by atoms with Crippen LogP contribution in [0.2, 0.25) is 0 Å². The number of hydrogen-bond donors (Lipinski definition) is 3. The van der Waals surface area contributed by atoms with Crippen LogP contribution in [0.3, 0.4) is 0 Å². The van der Waals surface area contributed by atoms with Gasteiger partial charge in [0, 0.05) is 10.8 Å². The molecule has 0 saturated heterocycles. The highest BCUT2D eigenvalue weighted by molar-refractivity contribution is 5.69. The maximum atomic E-state index is 10.6. The molecule has 82 valence electrons. The predicted molar refractivity (Wildman–Crippen MR) is 50.8 cm³/mol. The molecule has 0 amide bonds. The van der Waals surface area contributed by atoms with Crippen LogP contribution in [-0.2, 0) is 4.79 Å². The molecule has 1 aliphatic rings. The summed E-state index contributed by atoms with van der Waals surface area (Å²) in [5.41, 5.74) is -2.88. The maximum absolute atomic E-state index is 10.6. The molecule has 4 nitrogen and oxygen atoms in total. The highest BCUT2D eigenvalue weighted by Gasteiger charge is 2.71. The van der Waals surface area contributed by atoms with Crippen molar-refractivity contribution >= 4 is 5.97 Å². The second kappa shape index (κ2) is 2.70. The molecular weight excluding hydrogens is 184 g/mol. The van der Waals surface area contributed by atoms with Gasteiger partial charge in [-0.1, -0.05) is 27.7 Å². The van der Waals surface area contributed by atoms with Crippen LogP contribution in [0, 0.1) is 10.8 Å². The fraction of sp³-hybridized carbons (Fsp3) is 0.900. The summed E-state index contributed by atoms with van der Waals surface area (Å²) < 4.78 is 0. The average molecular weight is 202 g/mol. The largest absolute Gasteiger partial charge is 0.481 e. The summed E-state index contributed by atoms with van der Waals surface area (Å²) >= 11 is 0. The first-order valence-electron chi connectivity index (χ1n) is 4.69. The third-order valence-electron chi connectivity index (χ3n) is 3.91. The van der Waals surface area contributed by atoms with E-state index in [0.717, 1.165) is 0 Å². The van der Waals surface area contributed by atoms with Crippen LogP contribution < -0.4 is 0 Å². The summed E-state index contributed by atoms with van der Waals surface area (Å²) in [7, 11) is 0. The van der Waals surface area contributed by atoms with Gasteiger partial charge >= 0.3 is 5.97 Å². The lowest BCUT2D eigenvalue weighted by Crippen LogP contribution is -2.76. The minimum absolute atomic E-state index is 0.329. The van der Waals surface area contributed by atoms with E-state index in [1.807, 2.05) is 0 Å². The molecule has 4 heteroatoms. The number of carbonyl (C=O) groups is 1. The smallest absolute Gasteiger partial charge is 0.306 e. The van der Waals surface area contributed by atoms with Gasteiger partial charge in [0.25, 0.3) is 0 Å². The summed E-state index contributed by atoms with van der Waals surface area (Å²) in [5.74, 6) is -1.04. The molecule has 1 saturated carbocycles. The first-order valence-corrected chi connectivity index (χ1v) is 4.69. The summed E-state index contributed by atoms with van der Waals surface area (Å²) in [6.07, 6.45) is -1.01. The van der Waals surface area contributed by atoms with Crippen molar-refractivity contribution in [3.05, 3.63) is 0 Å². The molecular formula is C10H18O4. The Bertz CT molecular complexity index is 251. The van der Waals surface area contributed by atoms with Crippen LogP contribution in [0.4, 0.5) is 0 Å². The number of carboxylic acid groups (broad SMARTS) is 1. The van der Waals surface area contributed by atoms with Crippen LogP contribution in [0.25, 0.3) is 0 Å².